The average Bonchev–Trinajstić information content (AvgIpc) is 3.09. The summed E-state index contributed by atoms with van der Waals surface area (Å²) in [4.78, 5) is 21.1. The fourth-order valence-corrected chi connectivity index (χ4v) is 3.64. The molecule has 0 fully saturated rings. The first-order chi connectivity index (χ1) is 13.6. The van der Waals surface area contributed by atoms with Crippen LogP contribution in [0.5, 0.6) is 0 Å². The lowest BCUT2D eigenvalue weighted by Gasteiger charge is -2.13. The number of benzene rings is 1. The smallest absolute Gasteiger partial charge is 0.237 e. The lowest BCUT2D eigenvalue weighted by Crippen LogP contribution is -2.23. The third-order valence-corrected chi connectivity index (χ3v) is 5.46. The Morgan fingerprint density at radius 1 is 1.07 bits per heavy atom. The van der Waals surface area contributed by atoms with Crippen LogP contribution in [0, 0.1) is 0 Å². The predicted octanol–water partition coefficient (Wildman–Crippen LogP) is 3.54. The summed E-state index contributed by atoms with van der Waals surface area (Å²) < 4.78 is 1.88. The first kappa shape index (κ1) is 18.1. The zero-order valence-electron chi connectivity index (χ0n) is 15.4. The van der Waals surface area contributed by atoms with Crippen LogP contribution in [0.1, 0.15) is 6.92 Å². The molecule has 1 unspecified atom stereocenters. The molecule has 3 aromatic heterocycles. The second kappa shape index (κ2) is 7.77. The van der Waals surface area contributed by atoms with Gasteiger partial charge in [-0.3, -0.25) is 14.8 Å². The van der Waals surface area contributed by atoms with Crippen molar-refractivity contribution in [1.29, 1.82) is 0 Å². The monoisotopic (exact) mass is 390 g/mol. The first-order valence-corrected chi connectivity index (χ1v) is 9.62. The van der Waals surface area contributed by atoms with Gasteiger partial charge in [-0.2, -0.15) is 0 Å². The van der Waals surface area contributed by atoms with Crippen LogP contribution in [0.2, 0.25) is 0 Å². The molecule has 1 N–H and O–H groups in total. The number of pyridine rings is 2. The number of thioether (sulfide) groups is 1. The molecule has 0 aliphatic heterocycles. The van der Waals surface area contributed by atoms with Crippen LogP contribution >= 0.6 is 11.8 Å². The van der Waals surface area contributed by atoms with Crippen LogP contribution < -0.4 is 5.32 Å². The minimum atomic E-state index is -0.347. The minimum absolute atomic E-state index is 0.102. The summed E-state index contributed by atoms with van der Waals surface area (Å²) >= 11 is 1.36. The number of rotatable bonds is 5. The molecule has 4 rings (SSSR count). The zero-order chi connectivity index (χ0) is 19.5. The van der Waals surface area contributed by atoms with Gasteiger partial charge >= 0.3 is 0 Å². The maximum atomic E-state index is 12.7. The molecular formula is C20H18N6OS. The molecule has 0 saturated carbocycles. The van der Waals surface area contributed by atoms with E-state index in [2.05, 4.69) is 25.5 Å². The summed E-state index contributed by atoms with van der Waals surface area (Å²) in [6.07, 6.45) is 5.17. The molecule has 1 aromatic carbocycles. The molecule has 4 aromatic rings. The van der Waals surface area contributed by atoms with Crippen molar-refractivity contribution in [2.45, 2.75) is 17.3 Å². The average molecular weight is 390 g/mol. The van der Waals surface area contributed by atoms with Crippen LogP contribution in [-0.2, 0) is 11.8 Å². The van der Waals surface area contributed by atoms with Gasteiger partial charge in [0.1, 0.15) is 0 Å². The van der Waals surface area contributed by atoms with E-state index in [-0.39, 0.29) is 11.2 Å². The minimum Gasteiger partial charge on any atom is -0.324 e. The number of hydrogen-bond donors (Lipinski definition) is 1. The SMILES string of the molecule is CC(Sc1nnc(-c2ccncc2)n1C)C(=O)Nc1cccc2ncccc12. The number of carbonyl (C=O) groups is 1. The molecule has 8 heteroatoms. The van der Waals surface area contributed by atoms with Crippen molar-refractivity contribution in [3.63, 3.8) is 0 Å². The van der Waals surface area contributed by atoms with Gasteiger partial charge in [0, 0.05) is 36.6 Å². The molecule has 0 spiro atoms. The highest BCUT2D eigenvalue weighted by atomic mass is 32.2. The number of hydrogen-bond acceptors (Lipinski definition) is 6. The lowest BCUT2D eigenvalue weighted by atomic mass is 10.2. The van der Waals surface area contributed by atoms with E-state index >= 15 is 0 Å². The Balaban J connectivity index is 1.50. The summed E-state index contributed by atoms with van der Waals surface area (Å²) in [5, 5.41) is 12.7. The van der Waals surface area contributed by atoms with Gasteiger partial charge in [-0.1, -0.05) is 17.8 Å². The van der Waals surface area contributed by atoms with Gasteiger partial charge < -0.3 is 9.88 Å². The van der Waals surface area contributed by atoms with E-state index in [0.29, 0.717) is 5.16 Å². The van der Waals surface area contributed by atoms with E-state index in [1.807, 2.05) is 61.0 Å². The Hall–Kier alpha value is -3.26. The quantitative estimate of drug-likeness (QED) is 0.525. The number of carbonyl (C=O) groups excluding carboxylic acids is 1. The zero-order valence-corrected chi connectivity index (χ0v) is 16.2. The number of nitrogens with one attached hydrogen (secondary N) is 1. The van der Waals surface area contributed by atoms with Crippen molar-refractivity contribution < 1.29 is 4.79 Å². The van der Waals surface area contributed by atoms with Crippen LogP contribution in [-0.4, -0.2) is 35.9 Å². The Morgan fingerprint density at radius 2 is 1.89 bits per heavy atom. The van der Waals surface area contributed by atoms with E-state index in [0.717, 1.165) is 28.0 Å². The third-order valence-electron chi connectivity index (χ3n) is 4.33. The summed E-state index contributed by atoms with van der Waals surface area (Å²) in [5.74, 6) is 0.632. The number of aromatic nitrogens is 5. The molecule has 0 aliphatic rings. The van der Waals surface area contributed by atoms with Gasteiger partial charge in [-0.05, 0) is 43.3 Å². The molecule has 3 heterocycles. The van der Waals surface area contributed by atoms with Crippen molar-refractivity contribution in [1.82, 2.24) is 24.7 Å². The van der Waals surface area contributed by atoms with E-state index in [1.54, 1.807) is 18.6 Å². The molecule has 1 amide bonds. The maximum Gasteiger partial charge on any atom is 0.237 e. The van der Waals surface area contributed by atoms with Gasteiger partial charge in [0.05, 0.1) is 16.5 Å². The van der Waals surface area contributed by atoms with Crippen molar-refractivity contribution in [3.05, 3.63) is 61.1 Å². The van der Waals surface area contributed by atoms with E-state index in [1.165, 1.54) is 11.8 Å². The summed E-state index contributed by atoms with van der Waals surface area (Å²) in [5.41, 5.74) is 2.52. The number of amides is 1. The fourth-order valence-electron chi connectivity index (χ4n) is 2.83. The normalized spacial score (nSPS) is 12.1. The maximum absolute atomic E-state index is 12.7. The van der Waals surface area contributed by atoms with Crippen LogP contribution in [0.3, 0.4) is 0 Å². The molecule has 7 nitrogen and oxygen atoms in total. The molecule has 0 saturated heterocycles. The van der Waals surface area contributed by atoms with Crippen molar-refractivity contribution >= 4 is 34.3 Å². The lowest BCUT2D eigenvalue weighted by molar-refractivity contribution is -0.115. The Morgan fingerprint density at radius 3 is 2.71 bits per heavy atom. The molecule has 140 valence electrons. The van der Waals surface area contributed by atoms with E-state index in [4.69, 9.17) is 0 Å². The Kier molecular flexibility index (Phi) is 5.03. The Labute approximate surface area is 166 Å². The largest absolute Gasteiger partial charge is 0.324 e. The van der Waals surface area contributed by atoms with Crippen LogP contribution in [0.15, 0.2) is 66.2 Å². The highest BCUT2D eigenvalue weighted by Gasteiger charge is 2.20. The first-order valence-electron chi connectivity index (χ1n) is 8.74. The Bertz CT molecular complexity index is 1120. The third kappa shape index (κ3) is 3.59. The van der Waals surface area contributed by atoms with E-state index < -0.39 is 0 Å². The second-order valence-electron chi connectivity index (χ2n) is 6.23. The second-order valence-corrected chi connectivity index (χ2v) is 7.53. The molecule has 0 bridgehead atoms. The number of fused-ring (bicyclic) bond motifs is 1. The van der Waals surface area contributed by atoms with Gasteiger partial charge in [-0.15, -0.1) is 10.2 Å². The standard InChI is InChI=1S/C20H18N6OS/c1-13(19(27)23-17-7-3-6-16-15(17)5-4-10-22-16)28-20-25-24-18(26(20)2)14-8-11-21-12-9-14/h3-13H,1-2H3,(H,23,27). The molecule has 0 radical (unpaired) electrons. The van der Waals surface area contributed by atoms with E-state index in [9.17, 15) is 4.79 Å². The van der Waals surface area contributed by atoms with Crippen molar-refractivity contribution in [2.24, 2.45) is 7.05 Å². The highest BCUT2D eigenvalue weighted by molar-refractivity contribution is 8.00. The van der Waals surface area contributed by atoms with Crippen molar-refractivity contribution in [3.8, 4) is 11.4 Å². The molecule has 0 aliphatic carbocycles. The topological polar surface area (TPSA) is 85.6 Å². The molecule has 28 heavy (non-hydrogen) atoms. The molecular weight excluding hydrogens is 372 g/mol. The van der Waals surface area contributed by atoms with Crippen LogP contribution in [0.4, 0.5) is 5.69 Å². The predicted molar refractivity (Wildman–Crippen MR) is 110 cm³/mol. The van der Waals surface area contributed by atoms with Gasteiger partial charge in [0.15, 0.2) is 11.0 Å². The van der Waals surface area contributed by atoms with Gasteiger partial charge in [-0.25, -0.2) is 0 Å². The number of anilines is 1. The number of nitrogens with zero attached hydrogens (tertiary/aromatic N) is 5. The summed E-state index contributed by atoms with van der Waals surface area (Å²) in [7, 11) is 1.89. The van der Waals surface area contributed by atoms with Crippen molar-refractivity contribution in [2.75, 3.05) is 5.32 Å². The highest BCUT2D eigenvalue weighted by Crippen LogP contribution is 2.27. The summed E-state index contributed by atoms with van der Waals surface area (Å²) in [6, 6.07) is 13.2. The fraction of sp³-hybridized carbons (Fsp3) is 0.150. The summed E-state index contributed by atoms with van der Waals surface area (Å²) in [6.45, 7) is 1.85. The molecule has 1 atom stereocenters. The van der Waals surface area contributed by atoms with Gasteiger partial charge in [0.2, 0.25) is 5.91 Å². The van der Waals surface area contributed by atoms with Crippen LogP contribution in [0.25, 0.3) is 22.3 Å². The van der Waals surface area contributed by atoms with Gasteiger partial charge in [0.25, 0.3) is 0 Å².